The van der Waals surface area contributed by atoms with E-state index >= 15 is 0 Å². The maximum Gasteiger partial charge on any atom is 0.255 e. The van der Waals surface area contributed by atoms with E-state index in [0.29, 0.717) is 10.6 Å². The number of hydrogen-bond donors (Lipinski definition) is 1. The van der Waals surface area contributed by atoms with Crippen molar-refractivity contribution in [2.24, 2.45) is 5.73 Å². The highest BCUT2D eigenvalue weighted by atomic mass is 35.5. The van der Waals surface area contributed by atoms with Crippen LogP contribution in [0, 0.1) is 0 Å². The van der Waals surface area contributed by atoms with Crippen LogP contribution in [-0.2, 0) is 0 Å². The average molecular weight is 243 g/mol. The Balaban J connectivity index is 2.85. The highest BCUT2D eigenvalue weighted by Crippen LogP contribution is 2.16. The van der Waals surface area contributed by atoms with Gasteiger partial charge in [0.05, 0.1) is 22.1 Å². The molecule has 80 valence electrons. The van der Waals surface area contributed by atoms with E-state index in [1.54, 1.807) is 31.3 Å². The maximum atomic E-state index is 11.8. The Hall–Kier alpha value is -1.13. The van der Waals surface area contributed by atoms with Crippen molar-refractivity contribution in [1.29, 1.82) is 0 Å². The second-order valence-electron chi connectivity index (χ2n) is 3.11. The summed E-state index contributed by atoms with van der Waals surface area (Å²) in [4.78, 5) is 13.5. The molecule has 0 radical (unpaired) electrons. The first-order valence-corrected chi connectivity index (χ1v) is 5.09. The quantitative estimate of drug-likeness (QED) is 0.821. The molecule has 0 bridgehead atoms. The van der Waals surface area contributed by atoms with Crippen molar-refractivity contribution in [1.82, 2.24) is 4.90 Å². The molecule has 15 heavy (non-hydrogen) atoms. The van der Waals surface area contributed by atoms with E-state index in [9.17, 15) is 4.79 Å². The molecule has 1 aromatic carbocycles. The maximum absolute atomic E-state index is 11.8. The molecule has 1 amide bonds. The Bertz CT molecular complexity index is 395. The molecule has 2 N–H and O–H groups in total. The van der Waals surface area contributed by atoms with Crippen LogP contribution in [-0.4, -0.2) is 29.4 Å². The fourth-order valence-corrected chi connectivity index (χ4v) is 1.56. The van der Waals surface area contributed by atoms with E-state index in [4.69, 9.17) is 29.6 Å². The largest absolute Gasteiger partial charge is 0.392 e. The monoisotopic (exact) mass is 242 g/mol. The molecular formula is C10H11ClN2OS. The number of nitrogens with two attached hydrogens (primary N) is 1. The lowest BCUT2D eigenvalue weighted by Crippen LogP contribution is -2.34. The fourth-order valence-electron chi connectivity index (χ4n) is 1.15. The predicted octanol–water partition coefficient (Wildman–Crippen LogP) is 1.70. The topological polar surface area (TPSA) is 46.3 Å². The second kappa shape index (κ2) is 5.09. The van der Waals surface area contributed by atoms with E-state index in [2.05, 4.69) is 0 Å². The molecule has 5 heteroatoms. The van der Waals surface area contributed by atoms with Crippen molar-refractivity contribution in [2.75, 3.05) is 13.6 Å². The van der Waals surface area contributed by atoms with Gasteiger partial charge in [-0.2, -0.15) is 0 Å². The number of halogens is 1. The van der Waals surface area contributed by atoms with Gasteiger partial charge in [-0.3, -0.25) is 4.79 Å². The normalized spacial score (nSPS) is 9.73. The van der Waals surface area contributed by atoms with Crippen LogP contribution in [0.4, 0.5) is 0 Å². The standard InChI is InChI=1S/C10H11ClN2OS/c1-13(6-9(12)15)10(14)7-4-2-3-5-8(7)11/h2-5H,6H2,1H3,(H2,12,15). The van der Waals surface area contributed by atoms with E-state index in [-0.39, 0.29) is 17.4 Å². The van der Waals surface area contributed by atoms with Crippen molar-refractivity contribution >= 4 is 34.7 Å². The number of benzene rings is 1. The predicted molar refractivity (Wildman–Crippen MR) is 65.2 cm³/mol. The number of thiocarbonyl (C=S) groups is 1. The van der Waals surface area contributed by atoms with Crippen LogP contribution in [0.25, 0.3) is 0 Å². The minimum Gasteiger partial charge on any atom is -0.392 e. The summed E-state index contributed by atoms with van der Waals surface area (Å²) < 4.78 is 0. The molecular weight excluding hydrogens is 232 g/mol. The van der Waals surface area contributed by atoms with E-state index in [1.165, 1.54) is 4.90 Å². The van der Waals surface area contributed by atoms with Crippen LogP contribution in [0.2, 0.25) is 5.02 Å². The minimum atomic E-state index is -0.187. The van der Waals surface area contributed by atoms with Gasteiger partial charge in [0.25, 0.3) is 5.91 Å². The van der Waals surface area contributed by atoms with Gasteiger partial charge < -0.3 is 10.6 Å². The van der Waals surface area contributed by atoms with Gasteiger partial charge in [0, 0.05) is 7.05 Å². The zero-order chi connectivity index (χ0) is 11.4. The molecule has 0 unspecified atom stereocenters. The number of amides is 1. The van der Waals surface area contributed by atoms with Crippen LogP contribution in [0.15, 0.2) is 24.3 Å². The Morgan fingerprint density at radius 2 is 2.13 bits per heavy atom. The second-order valence-corrected chi connectivity index (χ2v) is 4.04. The van der Waals surface area contributed by atoms with Crippen LogP contribution >= 0.6 is 23.8 Å². The molecule has 0 aromatic heterocycles. The smallest absolute Gasteiger partial charge is 0.255 e. The Morgan fingerprint density at radius 1 is 1.53 bits per heavy atom. The number of nitrogens with zero attached hydrogens (tertiary/aromatic N) is 1. The third kappa shape index (κ3) is 3.18. The summed E-state index contributed by atoms with van der Waals surface area (Å²) in [5, 5.41) is 0.428. The average Bonchev–Trinajstić information content (AvgIpc) is 2.16. The van der Waals surface area contributed by atoms with Gasteiger partial charge in [0.2, 0.25) is 0 Å². The molecule has 0 atom stereocenters. The highest BCUT2D eigenvalue weighted by Gasteiger charge is 2.14. The zero-order valence-corrected chi connectivity index (χ0v) is 9.81. The van der Waals surface area contributed by atoms with Gasteiger partial charge in [0.1, 0.15) is 0 Å². The summed E-state index contributed by atoms with van der Waals surface area (Å²) >= 11 is 10.6. The van der Waals surface area contributed by atoms with Gasteiger partial charge >= 0.3 is 0 Å². The summed E-state index contributed by atoms with van der Waals surface area (Å²) in [5.74, 6) is -0.187. The van der Waals surface area contributed by atoms with Gasteiger partial charge in [-0.05, 0) is 12.1 Å². The lowest BCUT2D eigenvalue weighted by atomic mass is 10.2. The third-order valence-corrected chi connectivity index (χ3v) is 2.30. The lowest BCUT2D eigenvalue weighted by molar-refractivity contribution is 0.0815. The third-order valence-electron chi connectivity index (χ3n) is 1.84. The molecule has 0 saturated carbocycles. The first kappa shape index (κ1) is 11.9. The number of carbonyl (C=O) groups is 1. The fraction of sp³-hybridized carbons (Fsp3) is 0.200. The summed E-state index contributed by atoms with van der Waals surface area (Å²) in [5.41, 5.74) is 5.81. The number of likely N-dealkylation sites (N-methyl/N-ethyl adjacent to an activating group) is 1. The van der Waals surface area contributed by atoms with Crippen molar-refractivity contribution in [2.45, 2.75) is 0 Å². The van der Waals surface area contributed by atoms with Crippen LogP contribution in [0.3, 0.4) is 0 Å². The van der Waals surface area contributed by atoms with Gasteiger partial charge in [0.15, 0.2) is 0 Å². The molecule has 1 rings (SSSR count). The van der Waals surface area contributed by atoms with Crippen molar-refractivity contribution < 1.29 is 4.79 Å². The Kier molecular flexibility index (Phi) is 4.05. The Morgan fingerprint density at radius 3 is 2.67 bits per heavy atom. The molecule has 3 nitrogen and oxygen atoms in total. The number of hydrogen-bond acceptors (Lipinski definition) is 2. The molecule has 0 fully saturated rings. The van der Waals surface area contributed by atoms with Gasteiger partial charge in [-0.25, -0.2) is 0 Å². The Labute approximate surface area is 98.8 Å². The van der Waals surface area contributed by atoms with Crippen LogP contribution in [0.5, 0.6) is 0 Å². The van der Waals surface area contributed by atoms with E-state index in [0.717, 1.165) is 0 Å². The molecule has 0 heterocycles. The van der Waals surface area contributed by atoms with Gasteiger partial charge in [-0.15, -0.1) is 0 Å². The number of carbonyl (C=O) groups excluding carboxylic acids is 1. The summed E-state index contributed by atoms with van der Waals surface area (Å²) in [6, 6.07) is 6.87. The van der Waals surface area contributed by atoms with Crippen molar-refractivity contribution in [3.05, 3.63) is 34.9 Å². The molecule has 0 aliphatic heterocycles. The molecule has 0 spiro atoms. The van der Waals surface area contributed by atoms with E-state index in [1.807, 2.05) is 0 Å². The molecule has 0 aliphatic rings. The molecule has 0 aliphatic carbocycles. The SMILES string of the molecule is CN(CC(N)=S)C(=O)c1ccccc1Cl. The molecule has 0 saturated heterocycles. The first-order chi connectivity index (χ1) is 7.02. The van der Waals surface area contributed by atoms with Crippen molar-refractivity contribution in [3.8, 4) is 0 Å². The summed E-state index contributed by atoms with van der Waals surface area (Å²) in [7, 11) is 1.63. The summed E-state index contributed by atoms with van der Waals surface area (Å²) in [6.07, 6.45) is 0. The first-order valence-electron chi connectivity index (χ1n) is 4.30. The molecule has 1 aromatic rings. The van der Waals surface area contributed by atoms with Crippen LogP contribution < -0.4 is 5.73 Å². The highest BCUT2D eigenvalue weighted by molar-refractivity contribution is 7.80. The minimum absolute atomic E-state index is 0.187. The zero-order valence-electron chi connectivity index (χ0n) is 8.24. The number of rotatable bonds is 3. The lowest BCUT2D eigenvalue weighted by Gasteiger charge is -2.16. The van der Waals surface area contributed by atoms with Crippen molar-refractivity contribution in [3.63, 3.8) is 0 Å². The van der Waals surface area contributed by atoms with E-state index < -0.39 is 0 Å². The summed E-state index contributed by atoms with van der Waals surface area (Å²) in [6.45, 7) is 0.249. The van der Waals surface area contributed by atoms with Gasteiger partial charge in [-0.1, -0.05) is 36.0 Å². The van der Waals surface area contributed by atoms with Crippen LogP contribution in [0.1, 0.15) is 10.4 Å².